The minimum atomic E-state index is -0.490. The number of nitrogens with two attached hydrogens (primary N) is 1. The van der Waals surface area contributed by atoms with Crippen molar-refractivity contribution >= 4 is 34.4 Å². The van der Waals surface area contributed by atoms with Gasteiger partial charge in [-0.25, -0.2) is 14.2 Å². The molecule has 0 aliphatic carbocycles. The second kappa shape index (κ2) is 7.13. The van der Waals surface area contributed by atoms with Gasteiger partial charge >= 0.3 is 5.69 Å². The number of aromatic nitrogens is 7. The first-order chi connectivity index (χ1) is 13.8. The maximum Gasteiger partial charge on any atom is 0.323 e. The molecule has 29 heavy (non-hydrogen) atoms. The number of nitrogen functional groups attached to an aromatic ring is 1. The maximum absolute atomic E-state index is 12.6. The zero-order chi connectivity index (χ0) is 20.7. The molecule has 3 aromatic heterocycles. The summed E-state index contributed by atoms with van der Waals surface area (Å²) in [7, 11) is 0. The smallest absolute Gasteiger partial charge is 0.323 e. The lowest BCUT2D eigenvalue weighted by Gasteiger charge is -2.11. The number of rotatable bonds is 5. The largest absolute Gasteiger partial charge is 0.334 e. The highest BCUT2D eigenvalue weighted by Gasteiger charge is 2.21. The minimum Gasteiger partial charge on any atom is -0.334 e. The number of hydrogen-bond acceptors (Lipinski definition) is 7. The molecule has 1 unspecified atom stereocenters. The van der Waals surface area contributed by atoms with E-state index in [2.05, 4.69) is 30.6 Å². The molecule has 1 amide bonds. The number of aryl methyl sites for hydroxylation is 2. The number of imidazole rings is 1. The quantitative estimate of drug-likeness (QED) is 0.282. The average Bonchev–Trinajstić information content (AvgIpc) is 3.31. The average molecular weight is 413 g/mol. The number of nitrogens with one attached hydrogen (secondary N) is 3. The van der Waals surface area contributed by atoms with Crippen LogP contribution in [-0.2, 0) is 4.79 Å². The number of H-pyrrole nitrogens is 2. The monoisotopic (exact) mass is 413 g/mol. The number of carbonyl (C=O) groups excluding carboxylic acids is 1. The molecular weight excluding hydrogens is 394 g/mol. The Morgan fingerprint density at radius 3 is 2.69 bits per heavy atom. The molecule has 4 aromatic rings. The van der Waals surface area contributed by atoms with E-state index in [9.17, 15) is 9.59 Å². The van der Waals surface area contributed by atoms with Crippen LogP contribution in [0.2, 0.25) is 0 Å². The number of anilines is 1. The van der Waals surface area contributed by atoms with Gasteiger partial charge in [0.05, 0.1) is 22.0 Å². The van der Waals surface area contributed by atoms with E-state index in [1.165, 1.54) is 16.4 Å². The molecule has 1 atom stereocenters. The number of hydrogen-bond donors (Lipinski definition) is 4. The number of nitrogens with zero attached hydrogens (tertiary/aromatic N) is 5. The molecular formula is C17H19N9O2S. The highest BCUT2D eigenvalue weighted by atomic mass is 32.2. The fraction of sp³-hybridized carbons (Fsp3) is 0.235. The molecule has 3 heterocycles. The van der Waals surface area contributed by atoms with Crippen LogP contribution in [-0.4, -0.2) is 45.8 Å². The van der Waals surface area contributed by atoms with Crippen LogP contribution in [0.25, 0.3) is 17.0 Å². The van der Waals surface area contributed by atoms with Crippen molar-refractivity contribution in [1.29, 1.82) is 0 Å². The third-order valence-corrected chi connectivity index (χ3v) is 5.34. The second-order valence-corrected chi connectivity index (χ2v) is 7.89. The molecule has 150 valence electrons. The Bertz CT molecular complexity index is 1270. The number of aromatic amines is 2. The van der Waals surface area contributed by atoms with Crippen LogP contribution >= 0.6 is 11.8 Å². The number of benzene rings is 1. The van der Waals surface area contributed by atoms with Gasteiger partial charge in [0.15, 0.2) is 0 Å². The summed E-state index contributed by atoms with van der Waals surface area (Å²) in [5.74, 6) is 6.25. The Morgan fingerprint density at radius 2 is 1.97 bits per heavy atom. The van der Waals surface area contributed by atoms with Crippen molar-refractivity contribution in [2.75, 3.05) is 11.2 Å². The predicted molar refractivity (Wildman–Crippen MR) is 110 cm³/mol. The van der Waals surface area contributed by atoms with E-state index in [0.717, 1.165) is 11.4 Å². The third-order valence-electron chi connectivity index (χ3n) is 4.28. The zero-order valence-corrected chi connectivity index (χ0v) is 16.7. The minimum absolute atomic E-state index is 0.233. The maximum atomic E-state index is 12.6. The van der Waals surface area contributed by atoms with Crippen molar-refractivity contribution in [2.45, 2.75) is 31.2 Å². The molecule has 0 aliphatic rings. The van der Waals surface area contributed by atoms with Crippen LogP contribution < -0.4 is 16.8 Å². The first kappa shape index (κ1) is 18.8. The van der Waals surface area contributed by atoms with Gasteiger partial charge in [0, 0.05) is 11.4 Å². The Labute approximate surface area is 168 Å². The fourth-order valence-electron chi connectivity index (χ4n) is 2.89. The lowest BCUT2D eigenvalue weighted by atomic mass is 10.2. The summed E-state index contributed by atoms with van der Waals surface area (Å²) in [6, 6.07) is 7.03. The third kappa shape index (κ3) is 3.61. The first-order valence-electron chi connectivity index (χ1n) is 8.75. The summed E-state index contributed by atoms with van der Waals surface area (Å²) in [6.07, 6.45) is 0. The summed E-state index contributed by atoms with van der Waals surface area (Å²) in [4.78, 5) is 29.2. The number of thioether (sulfide) groups is 1. The van der Waals surface area contributed by atoms with Gasteiger partial charge in [-0.05, 0) is 45.0 Å². The van der Waals surface area contributed by atoms with E-state index in [-0.39, 0.29) is 11.6 Å². The number of carbonyl (C=O) groups is 1. The van der Waals surface area contributed by atoms with Crippen molar-refractivity contribution in [3.8, 4) is 5.95 Å². The summed E-state index contributed by atoms with van der Waals surface area (Å²) in [5, 5.41) is 15.2. The highest BCUT2D eigenvalue weighted by Crippen LogP contribution is 2.24. The second-order valence-electron chi connectivity index (χ2n) is 6.58. The first-order valence-corrected chi connectivity index (χ1v) is 9.63. The molecule has 0 saturated heterocycles. The van der Waals surface area contributed by atoms with Crippen LogP contribution in [0.3, 0.4) is 0 Å². The normalized spacial score (nSPS) is 12.4. The van der Waals surface area contributed by atoms with Crippen LogP contribution in [0.1, 0.15) is 18.3 Å². The van der Waals surface area contributed by atoms with Crippen molar-refractivity contribution in [2.24, 2.45) is 0 Å². The topological polar surface area (TPSA) is 152 Å². The summed E-state index contributed by atoms with van der Waals surface area (Å²) in [6.45, 7) is 5.52. The van der Waals surface area contributed by atoms with E-state index in [4.69, 9.17) is 5.84 Å². The van der Waals surface area contributed by atoms with Gasteiger partial charge in [-0.15, -0.1) is 10.2 Å². The van der Waals surface area contributed by atoms with Gasteiger partial charge < -0.3 is 21.1 Å². The SMILES string of the molecule is Cc1cc(C)n(-c2nnc(SC(C)C(=O)Nc3ccc4[nH]c(=O)[nH]c4c3)n2N)n1. The molecule has 0 fully saturated rings. The van der Waals surface area contributed by atoms with Crippen molar-refractivity contribution in [3.63, 3.8) is 0 Å². The van der Waals surface area contributed by atoms with Gasteiger partial charge in [-0.1, -0.05) is 11.8 Å². The van der Waals surface area contributed by atoms with E-state index < -0.39 is 5.25 Å². The van der Waals surface area contributed by atoms with E-state index >= 15 is 0 Å². The number of fused-ring (bicyclic) bond motifs is 1. The molecule has 4 rings (SSSR count). The molecule has 12 heteroatoms. The summed E-state index contributed by atoms with van der Waals surface area (Å²) >= 11 is 1.18. The summed E-state index contributed by atoms with van der Waals surface area (Å²) in [5.41, 5.74) is 3.28. The molecule has 1 aromatic carbocycles. The van der Waals surface area contributed by atoms with E-state index in [0.29, 0.717) is 27.8 Å². The van der Waals surface area contributed by atoms with E-state index in [1.54, 1.807) is 29.8 Å². The van der Waals surface area contributed by atoms with Crippen LogP contribution in [0.4, 0.5) is 5.69 Å². The Balaban J connectivity index is 1.48. The molecule has 0 saturated carbocycles. The molecule has 11 nitrogen and oxygen atoms in total. The predicted octanol–water partition coefficient (Wildman–Crippen LogP) is 1.08. The van der Waals surface area contributed by atoms with Gasteiger partial charge in [0.1, 0.15) is 0 Å². The van der Waals surface area contributed by atoms with E-state index in [1.807, 2.05) is 19.9 Å². The fourth-order valence-corrected chi connectivity index (χ4v) is 3.66. The van der Waals surface area contributed by atoms with Gasteiger partial charge in [-0.2, -0.15) is 5.10 Å². The molecule has 0 aliphatic heterocycles. The number of amides is 1. The van der Waals surface area contributed by atoms with Crippen molar-refractivity contribution < 1.29 is 4.79 Å². The lowest BCUT2D eigenvalue weighted by Crippen LogP contribution is -2.24. The van der Waals surface area contributed by atoms with Gasteiger partial charge in [-0.3, -0.25) is 4.79 Å². The van der Waals surface area contributed by atoms with Gasteiger partial charge in [0.25, 0.3) is 5.95 Å². The standard InChI is InChI=1S/C17H19N9O2S/c1-8-6-9(2)26(24-8)16-22-23-17(25(16)18)29-10(3)14(27)19-11-4-5-12-13(7-11)21-15(28)20-12/h4-7,10H,18H2,1-3H3,(H,19,27)(H2,20,21,28). The Morgan fingerprint density at radius 1 is 1.21 bits per heavy atom. The summed E-state index contributed by atoms with van der Waals surface area (Å²) < 4.78 is 2.91. The molecule has 5 N–H and O–H groups in total. The Hall–Kier alpha value is -3.54. The molecule has 0 spiro atoms. The zero-order valence-electron chi connectivity index (χ0n) is 15.9. The van der Waals surface area contributed by atoms with Gasteiger partial charge in [0.2, 0.25) is 11.1 Å². The Kier molecular flexibility index (Phi) is 4.62. The van der Waals surface area contributed by atoms with Crippen LogP contribution in [0, 0.1) is 13.8 Å². The van der Waals surface area contributed by atoms with Crippen molar-refractivity contribution in [3.05, 3.63) is 46.1 Å². The molecule has 0 bridgehead atoms. The molecule has 0 radical (unpaired) electrons. The van der Waals surface area contributed by atoms with Crippen LogP contribution in [0.15, 0.2) is 34.2 Å². The van der Waals surface area contributed by atoms with Crippen molar-refractivity contribution in [1.82, 2.24) is 34.6 Å². The highest BCUT2D eigenvalue weighted by molar-refractivity contribution is 8.00. The lowest BCUT2D eigenvalue weighted by molar-refractivity contribution is -0.115. The van der Waals surface area contributed by atoms with Crippen LogP contribution in [0.5, 0.6) is 0 Å².